The molecule has 9 heteroatoms. The fourth-order valence-corrected chi connectivity index (χ4v) is 4.76. The predicted molar refractivity (Wildman–Crippen MR) is 125 cm³/mol. The highest BCUT2D eigenvalue weighted by molar-refractivity contribution is 5.95. The number of aromatic nitrogens is 1. The molecule has 2 aliphatic rings. The van der Waals surface area contributed by atoms with Crippen LogP contribution >= 0.6 is 0 Å². The van der Waals surface area contributed by atoms with Crippen molar-refractivity contribution in [2.75, 3.05) is 33.4 Å². The molecule has 2 N–H and O–H groups in total. The minimum atomic E-state index is -1.01. The SMILES string of the molecule is COc1cc(C(=O)N2CCC3(CC2)Oc2cc(F)ccc2-n2cccc23)ccc1OC[C@@H](O)CO. The largest absolute Gasteiger partial charge is 0.493 e. The molecule has 1 amide bonds. The van der Waals surface area contributed by atoms with E-state index in [1.54, 1.807) is 29.2 Å². The fourth-order valence-electron chi connectivity index (χ4n) is 4.76. The third-order valence-corrected chi connectivity index (χ3v) is 6.61. The normalized spacial score (nSPS) is 16.7. The lowest BCUT2D eigenvalue weighted by atomic mass is 9.86. The van der Waals surface area contributed by atoms with Gasteiger partial charge in [-0.25, -0.2) is 4.39 Å². The van der Waals surface area contributed by atoms with Crippen LogP contribution in [-0.4, -0.2) is 65.1 Å². The minimum absolute atomic E-state index is 0.0941. The van der Waals surface area contributed by atoms with E-state index in [4.69, 9.17) is 19.3 Å². The summed E-state index contributed by atoms with van der Waals surface area (Å²) in [5, 5.41) is 18.5. The molecule has 0 aliphatic carbocycles. The number of likely N-dealkylation sites (tertiary alicyclic amines) is 1. The van der Waals surface area contributed by atoms with Crippen molar-refractivity contribution in [1.82, 2.24) is 9.47 Å². The van der Waals surface area contributed by atoms with Crippen LogP contribution in [0.2, 0.25) is 0 Å². The fraction of sp³-hybridized carbons (Fsp3) is 0.346. The third-order valence-electron chi connectivity index (χ3n) is 6.61. The zero-order valence-electron chi connectivity index (χ0n) is 19.3. The molecule has 1 aromatic heterocycles. The van der Waals surface area contributed by atoms with E-state index in [0.29, 0.717) is 48.7 Å². The molecule has 3 heterocycles. The highest BCUT2D eigenvalue weighted by atomic mass is 19.1. The summed E-state index contributed by atoms with van der Waals surface area (Å²) < 4.78 is 33.2. The highest BCUT2D eigenvalue weighted by Crippen LogP contribution is 2.45. The molecule has 2 aromatic carbocycles. The maximum Gasteiger partial charge on any atom is 0.253 e. The monoisotopic (exact) mass is 482 g/mol. The molecule has 1 saturated heterocycles. The van der Waals surface area contributed by atoms with Gasteiger partial charge in [0.15, 0.2) is 17.1 Å². The van der Waals surface area contributed by atoms with Gasteiger partial charge in [0.05, 0.1) is 25.1 Å². The van der Waals surface area contributed by atoms with Crippen molar-refractivity contribution >= 4 is 5.91 Å². The molecule has 1 spiro atoms. The molecule has 2 aliphatic heterocycles. The van der Waals surface area contributed by atoms with Crippen molar-refractivity contribution in [2.24, 2.45) is 0 Å². The number of benzene rings is 2. The first-order valence-electron chi connectivity index (χ1n) is 11.5. The number of hydrogen-bond acceptors (Lipinski definition) is 6. The van der Waals surface area contributed by atoms with Gasteiger partial charge in [0.25, 0.3) is 5.91 Å². The van der Waals surface area contributed by atoms with Crippen LogP contribution in [0.5, 0.6) is 17.2 Å². The molecule has 1 fully saturated rings. The number of rotatable bonds is 6. The second-order valence-electron chi connectivity index (χ2n) is 8.78. The molecule has 3 aromatic rings. The quantitative estimate of drug-likeness (QED) is 0.561. The van der Waals surface area contributed by atoms with E-state index < -0.39 is 18.3 Å². The number of halogens is 1. The first kappa shape index (κ1) is 23.2. The van der Waals surface area contributed by atoms with Crippen molar-refractivity contribution in [2.45, 2.75) is 24.5 Å². The van der Waals surface area contributed by atoms with Crippen LogP contribution < -0.4 is 14.2 Å². The van der Waals surface area contributed by atoms with Gasteiger partial charge in [-0.3, -0.25) is 4.79 Å². The van der Waals surface area contributed by atoms with E-state index in [1.165, 1.54) is 19.2 Å². The number of amides is 1. The first-order chi connectivity index (χ1) is 16.9. The maximum absolute atomic E-state index is 13.9. The standard InChI is InChI=1S/C26H27FN2O6/c1-33-23-13-17(4-7-21(23)34-16-19(31)15-30)25(32)28-11-8-26(9-12-28)24-3-2-10-29(24)20-6-5-18(27)14-22(20)35-26/h2-7,10,13-14,19,30-31H,8-9,11-12,15-16H2,1H3/t19-/m0/s1. The lowest BCUT2D eigenvalue weighted by Crippen LogP contribution is -2.50. The third kappa shape index (κ3) is 4.21. The van der Waals surface area contributed by atoms with Crippen molar-refractivity contribution in [1.29, 1.82) is 0 Å². The lowest BCUT2D eigenvalue weighted by Gasteiger charge is -2.45. The predicted octanol–water partition coefficient (Wildman–Crippen LogP) is 2.88. The average molecular weight is 483 g/mol. The number of carbonyl (C=O) groups is 1. The van der Waals surface area contributed by atoms with E-state index in [1.807, 2.05) is 22.9 Å². The Balaban J connectivity index is 1.32. The summed E-state index contributed by atoms with van der Waals surface area (Å²) in [6.45, 7) is 0.434. The van der Waals surface area contributed by atoms with Crippen LogP contribution in [0.25, 0.3) is 5.69 Å². The summed E-state index contributed by atoms with van der Waals surface area (Å²) >= 11 is 0. The molecule has 35 heavy (non-hydrogen) atoms. The number of nitrogens with zero attached hydrogens (tertiary/aromatic N) is 2. The minimum Gasteiger partial charge on any atom is -0.493 e. The molecule has 5 rings (SSSR count). The Morgan fingerprint density at radius 1 is 1.17 bits per heavy atom. The number of ether oxygens (including phenoxy) is 3. The Labute approximate surface area is 202 Å². The van der Waals surface area contributed by atoms with Gasteiger partial charge in [0.1, 0.15) is 24.3 Å². The van der Waals surface area contributed by atoms with Crippen LogP contribution in [-0.2, 0) is 5.60 Å². The number of fused-ring (bicyclic) bond motifs is 4. The van der Waals surface area contributed by atoms with Crippen LogP contribution in [0.15, 0.2) is 54.7 Å². The number of hydrogen-bond donors (Lipinski definition) is 2. The van der Waals surface area contributed by atoms with E-state index in [9.17, 15) is 14.3 Å². The van der Waals surface area contributed by atoms with E-state index >= 15 is 0 Å². The van der Waals surface area contributed by atoms with Gasteiger partial charge in [-0.1, -0.05) is 0 Å². The second-order valence-corrected chi connectivity index (χ2v) is 8.78. The van der Waals surface area contributed by atoms with Crippen molar-refractivity contribution in [3.8, 4) is 22.9 Å². The lowest BCUT2D eigenvalue weighted by molar-refractivity contribution is -0.00951. The smallest absolute Gasteiger partial charge is 0.253 e. The number of aliphatic hydroxyl groups is 2. The van der Waals surface area contributed by atoms with Crippen molar-refractivity contribution in [3.05, 3.63) is 71.8 Å². The van der Waals surface area contributed by atoms with Gasteiger partial charge in [0.2, 0.25) is 0 Å². The van der Waals surface area contributed by atoms with Gasteiger partial charge in [0, 0.05) is 43.8 Å². The molecule has 0 unspecified atom stereocenters. The topological polar surface area (TPSA) is 93.4 Å². The van der Waals surface area contributed by atoms with E-state index in [2.05, 4.69) is 0 Å². The van der Waals surface area contributed by atoms with Crippen molar-refractivity contribution < 1.29 is 33.6 Å². The molecule has 0 saturated carbocycles. The summed E-state index contributed by atoms with van der Waals surface area (Å²) in [5.41, 5.74) is 1.62. The van der Waals surface area contributed by atoms with Gasteiger partial charge >= 0.3 is 0 Å². The van der Waals surface area contributed by atoms with Crippen molar-refractivity contribution in [3.63, 3.8) is 0 Å². The van der Waals surface area contributed by atoms with E-state index in [-0.39, 0.29) is 18.3 Å². The Kier molecular flexibility index (Phi) is 6.12. The number of carbonyl (C=O) groups excluding carboxylic acids is 1. The molecule has 1 atom stereocenters. The van der Waals surface area contributed by atoms with Gasteiger partial charge in [-0.15, -0.1) is 0 Å². The Morgan fingerprint density at radius 2 is 1.97 bits per heavy atom. The molecule has 184 valence electrons. The van der Waals surface area contributed by atoms with Crippen LogP contribution in [0.4, 0.5) is 4.39 Å². The van der Waals surface area contributed by atoms with Crippen LogP contribution in [0.1, 0.15) is 28.9 Å². The summed E-state index contributed by atoms with van der Waals surface area (Å²) in [7, 11) is 1.47. The number of piperidine rings is 1. The maximum atomic E-state index is 13.9. The molecular weight excluding hydrogens is 455 g/mol. The Bertz CT molecular complexity index is 1230. The Hall–Kier alpha value is -3.56. The zero-order valence-corrected chi connectivity index (χ0v) is 19.3. The van der Waals surface area contributed by atoms with Gasteiger partial charge in [-0.05, 0) is 42.5 Å². The van der Waals surface area contributed by atoms with E-state index in [0.717, 1.165) is 11.4 Å². The average Bonchev–Trinajstić information content (AvgIpc) is 3.38. The Morgan fingerprint density at radius 3 is 2.71 bits per heavy atom. The summed E-state index contributed by atoms with van der Waals surface area (Å²) in [6.07, 6.45) is 2.07. The zero-order chi connectivity index (χ0) is 24.6. The molecule has 0 bridgehead atoms. The van der Waals surface area contributed by atoms with Gasteiger partial charge < -0.3 is 33.9 Å². The summed E-state index contributed by atoms with van der Waals surface area (Å²) in [4.78, 5) is 15.0. The molecule has 0 radical (unpaired) electrons. The number of methoxy groups -OCH3 is 1. The van der Waals surface area contributed by atoms with Crippen LogP contribution in [0, 0.1) is 5.82 Å². The highest BCUT2D eigenvalue weighted by Gasteiger charge is 2.44. The summed E-state index contributed by atoms with van der Waals surface area (Å²) in [6, 6.07) is 13.4. The van der Waals surface area contributed by atoms with Crippen LogP contribution in [0.3, 0.4) is 0 Å². The second kappa shape index (κ2) is 9.24. The molecular formula is C26H27FN2O6. The summed E-state index contributed by atoms with van der Waals surface area (Å²) in [5.74, 6) is 0.741. The number of aliphatic hydroxyl groups excluding tert-OH is 2. The van der Waals surface area contributed by atoms with Gasteiger partial charge in [-0.2, -0.15) is 0 Å². The first-order valence-corrected chi connectivity index (χ1v) is 11.5. The molecule has 8 nitrogen and oxygen atoms in total.